The molecule has 0 unspecified atom stereocenters. The van der Waals surface area contributed by atoms with Crippen LogP contribution in [0.1, 0.15) is 31.9 Å². The zero-order valence-corrected chi connectivity index (χ0v) is 14.2. The molecule has 0 aliphatic heterocycles. The molecule has 0 aliphatic carbocycles. The Morgan fingerprint density at radius 2 is 1.68 bits per heavy atom. The minimum Gasteiger partial charge on any atom is -0.444 e. The van der Waals surface area contributed by atoms with Crippen molar-refractivity contribution in [3.63, 3.8) is 0 Å². The lowest BCUT2D eigenvalue weighted by atomic mass is 10.1. The molecule has 0 radical (unpaired) electrons. The van der Waals surface area contributed by atoms with Crippen molar-refractivity contribution in [3.8, 4) is 0 Å². The van der Waals surface area contributed by atoms with Crippen molar-refractivity contribution >= 4 is 16.2 Å². The number of carbonyl (C=O) groups is 1. The second-order valence-electron chi connectivity index (χ2n) is 5.95. The van der Waals surface area contributed by atoms with Gasteiger partial charge in [-0.3, -0.25) is 4.18 Å². The van der Waals surface area contributed by atoms with Crippen LogP contribution in [0.25, 0.3) is 0 Å². The fourth-order valence-electron chi connectivity index (χ4n) is 1.62. The van der Waals surface area contributed by atoms with Crippen LogP contribution in [0.5, 0.6) is 0 Å². The fraction of sp³-hybridized carbons (Fsp3) is 0.533. The molecular weight excluding hydrogens is 306 g/mol. The second-order valence-corrected chi connectivity index (χ2v) is 7.59. The van der Waals surface area contributed by atoms with Gasteiger partial charge in [0.15, 0.2) is 0 Å². The smallest absolute Gasteiger partial charge is 0.407 e. The first-order valence-electron chi connectivity index (χ1n) is 6.94. The van der Waals surface area contributed by atoms with Gasteiger partial charge in [0.1, 0.15) is 5.60 Å². The van der Waals surface area contributed by atoms with Gasteiger partial charge in [-0.1, -0.05) is 24.3 Å². The van der Waals surface area contributed by atoms with Crippen molar-refractivity contribution in [1.29, 1.82) is 0 Å². The van der Waals surface area contributed by atoms with Crippen LogP contribution in [0.3, 0.4) is 0 Å². The molecule has 0 saturated carbocycles. The summed E-state index contributed by atoms with van der Waals surface area (Å²) in [6, 6.07) is 7.48. The van der Waals surface area contributed by atoms with E-state index in [2.05, 4.69) is 9.50 Å². The van der Waals surface area contributed by atoms with E-state index in [1.165, 1.54) is 0 Å². The SMILES string of the molecule is CC(C)(C)OC(=O)NCc1ccc(CCOS(C)(=O)=O)cc1. The summed E-state index contributed by atoms with van der Waals surface area (Å²) in [6.07, 6.45) is 1.07. The third kappa shape index (κ3) is 8.63. The second kappa shape index (κ2) is 7.60. The highest BCUT2D eigenvalue weighted by molar-refractivity contribution is 7.85. The van der Waals surface area contributed by atoms with Gasteiger partial charge in [0.25, 0.3) is 10.1 Å². The lowest BCUT2D eigenvalue weighted by Crippen LogP contribution is -2.32. The fourth-order valence-corrected chi connectivity index (χ4v) is 2.01. The molecule has 6 nitrogen and oxygen atoms in total. The normalized spacial score (nSPS) is 12.0. The predicted octanol–water partition coefficient (Wildman–Crippen LogP) is 2.23. The highest BCUT2D eigenvalue weighted by Crippen LogP contribution is 2.08. The summed E-state index contributed by atoms with van der Waals surface area (Å²) in [5, 5.41) is 2.67. The largest absolute Gasteiger partial charge is 0.444 e. The highest BCUT2D eigenvalue weighted by Gasteiger charge is 2.15. The van der Waals surface area contributed by atoms with E-state index in [-0.39, 0.29) is 6.61 Å². The Hall–Kier alpha value is -1.60. The Labute approximate surface area is 131 Å². The minimum absolute atomic E-state index is 0.119. The maximum atomic E-state index is 11.5. The van der Waals surface area contributed by atoms with E-state index in [1.54, 1.807) is 20.8 Å². The molecule has 0 aliphatic rings. The molecule has 1 aromatic carbocycles. The molecule has 0 aromatic heterocycles. The summed E-state index contributed by atoms with van der Waals surface area (Å²) in [7, 11) is -3.40. The van der Waals surface area contributed by atoms with Crippen LogP contribution < -0.4 is 5.32 Å². The maximum absolute atomic E-state index is 11.5. The Kier molecular flexibility index (Phi) is 6.37. The number of hydrogen-bond acceptors (Lipinski definition) is 5. The van der Waals surface area contributed by atoms with Crippen LogP contribution in [0.4, 0.5) is 4.79 Å². The lowest BCUT2D eigenvalue weighted by molar-refractivity contribution is 0.0523. The Balaban J connectivity index is 2.40. The quantitative estimate of drug-likeness (QED) is 0.809. The Bertz CT molecular complexity index is 587. The van der Waals surface area contributed by atoms with E-state index in [0.717, 1.165) is 17.4 Å². The summed E-state index contributed by atoms with van der Waals surface area (Å²) in [5.74, 6) is 0. The van der Waals surface area contributed by atoms with Crippen molar-refractivity contribution < 1.29 is 22.1 Å². The van der Waals surface area contributed by atoms with E-state index in [1.807, 2.05) is 24.3 Å². The topological polar surface area (TPSA) is 81.7 Å². The molecule has 124 valence electrons. The molecular formula is C15H23NO5S. The van der Waals surface area contributed by atoms with Gasteiger partial charge in [-0.25, -0.2) is 4.79 Å². The summed E-state index contributed by atoms with van der Waals surface area (Å²) < 4.78 is 31.5. The van der Waals surface area contributed by atoms with Crippen LogP contribution in [0, 0.1) is 0 Å². The minimum atomic E-state index is -3.40. The van der Waals surface area contributed by atoms with Gasteiger partial charge in [0.2, 0.25) is 0 Å². The van der Waals surface area contributed by atoms with Crippen LogP contribution >= 0.6 is 0 Å². The van der Waals surface area contributed by atoms with Gasteiger partial charge in [-0.05, 0) is 38.3 Å². The maximum Gasteiger partial charge on any atom is 0.407 e. The average molecular weight is 329 g/mol. The van der Waals surface area contributed by atoms with E-state index in [0.29, 0.717) is 13.0 Å². The van der Waals surface area contributed by atoms with Crippen molar-refractivity contribution in [3.05, 3.63) is 35.4 Å². The molecule has 1 amide bonds. The Morgan fingerprint density at radius 3 is 2.18 bits per heavy atom. The van der Waals surface area contributed by atoms with Crippen LogP contribution in [0.2, 0.25) is 0 Å². The molecule has 1 rings (SSSR count). The lowest BCUT2D eigenvalue weighted by Gasteiger charge is -2.19. The summed E-state index contributed by atoms with van der Waals surface area (Å²) in [6.45, 7) is 5.91. The number of ether oxygens (including phenoxy) is 1. The first-order valence-corrected chi connectivity index (χ1v) is 8.76. The standard InChI is InChI=1S/C15H23NO5S/c1-15(2,3)21-14(17)16-11-13-7-5-12(6-8-13)9-10-20-22(4,18)19/h5-8H,9-11H2,1-4H3,(H,16,17). The van der Waals surface area contributed by atoms with Gasteiger partial charge < -0.3 is 10.1 Å². The van der Waals surface area contributed by atoms with Crippen LogP contribution in [-0.4, -0.2) is 33.0 Å². The third-order valence-corrected chi connectivity index (χ3v) is 3.14. The van der Waals surface area contributed by atoms with Crippen molar-refractivity contribution in [1.82, 2.24) is 5.32 Å². The molecule has 0 bridgehead atoms. The highest BCUT2D eigenvalue weighted by atomic mass is 32.2. The molecule has 1 aromatic rings. The number of rotatable bonds is 6. The van der Waals surface area contributed by atoms with Gasteiger partial charge in [-0.2, -0.15) is 8.42 Å². The molecule has 7 heteroatoms. The number of carbonyl (C=O) groups excluding carboxylic acids is 1. The molecule has 0 spiro atoms. The van der Waals surface area contributed by atoms with E-state index in [4.69, 9.17) is 4.74 Å². The zero-order valence-electron chi connectivity index (χ0n) is 13.4. The van der Waals surface area contributed by atoms with Gasteiger partial charge in [0.05, 0.1) is 12.9 Å². The number of hydrogen-bond donors (Lipinski definition) is 1. The number of amides is 1. The zero-order chi connectivity index (χ0) is 16.8. The first kappa shape index (κ1) is 18.4. The van der Waals surface area contributed by atoms with Crippen molar-refractivity contribution in [2.24, 2.45) is 0 Å². The number of benzene rings is 1. The van der Waals surface area contributed by atoms with E-state index >= 15 is 0 Å². The number of nitrogens with one attached hydrogen (secondary N) is 1. The van der Waals surface area contributed by atoms with Crippen LogP contribution in [-0.2, 0) is 32.0 Å². The molecule has 0 heterocycles. The van der Waals surface area contributed by atoms with Gasteiger partial charge in [0, 0.05) is 6.54 Å². The van der Waals surface area contributed by atoms with Crippen molar-refractivity contribution in [2.45, 2.75) is 39.3 Å². The average Bonchev–Trinajstić information content (AvgIpc) is 2.34. The van der Waals surface area contributed by atoms with Gasteiger partial charge in [-0.15, -0.1) is 0 Å². The number of alkyl carbamates (subject to hydrolysis) is 1. The molecule has 0 saturated heterocycles. The predicted molar refractivity (Wildman–Crippen MR) is 84.0 cm³/mol. The van der Waals surface area contributed by atoms with E-state index < -0.39 is 21.8 Å². The summed E-state index contributed by atoms with van der Waals surface area (Å²) in [5.41, 5.74) is 1.37. The summed E-state index contributed by atoms with van der Waals surface area (Å²) in [4.78, 5) is 11.5. The first-order chi connectivity index (χ1) is 10.1. The molecule has 1 N–H and O–H groups in total. The third-order valence-electron chi connectivity index (χ3n) is 2.55. The monoisotopic (exact) mass is 329 g/mol. The van der Waals surface area contributed by atoms with Gasteiger partial charge >= 0.3 is 6.09 Å². The van der Waals surface area contributed by atoms with Crippen LogP contribution in [0.15, 0.2) is 24.3 Å². The van der Waals surface area contributed by atoms with Crippen molar-refractivity contribution in [2.75, 3.05) is 12.9 Å². The molecule has 22 heavy (non-hydrogen) atoms. The summed E-state index contributed by atoms with van der Waals surface area (Å²) >= 11 is 0. The Morgan fingerprint density at radius 1 is 1.14 bits per heavy atom. The van der Waals surface area contributed by atoms with E-state index in [9.17, 15) is 13.2 Å². The molecule has 0 fully saturated rings. The molecule has 0 atom stereocenters.